The van der Waals surface area contributed by atoms with Crippen LogP contribution in [0, 0.1) is 11.8 Å². The van der Waals surface area contributed by atoms with E-state index in [1.165, 1.54) is 0 Å². The van der Waals surface area contributed by atoms with Gasteiger partial charge in [0.15, 0.2) is 0 Å². The number of carbonyl (C=O) groups excluding carboxylic acids is 1. The smallest absolute Gasteiger partial charge is 0.312 e. The first-order valence-corrected chi connectivity index (χ1v) is 7.45. The molecule has 4 rings (SSSR count). The highest BCUT2D eigenvalue weighted by Crippen LogP contribution is 2.39. The quantitative estimate of drug-likeness (QED) is 0.443. The number of fused-ring (bicyclic) bond motifs is 2. The molecule has 0 radical (unpaired) electrons. The predicted molar refractivity (Wildman–Crippen MR) is 67.5 cm³/mol. The zero-order valence-electron chi connectivity index (χ0n) is 11.0. The van der Waals surface area contributed by atoms with Gasteiger partial charge < -0.3 is 14.2 Å². The van der Waals surface area contributed by atoms with Crippen LogP contribution in [0.25, 0.3) is 0 Å². The first kappa shape index (κ1) is 11.9. The van der Waals surface area contributed by atoms with E-state index in [1.807, 2.05) is 12.2 Å². The van der Waals surface area contributed by atoms with Crippen molar-refractivity contribution in [1.29, 1.82) is 0 Å². The average molecular weight is 264 g/mol. The number of epoxide rings is 2. The van der Waals surface area contributed by atoms with Gasteiger partial charge in [0, 0.05) is 0 Å². The van der Waals surface area contributed by atoms with Gasteiger partial charge >= 0.3 is 5.97 Å². The van der Waals surface area contributed by atoms with Crippen molar-refractivity contribution in [2.24, 2.45) is 11.8 Å². The fourth-order valence-corrected chi connectivity index (χ4v) is 3.38. The first-order valence-electron chi connectivity index (χ1n) is 7.45. The third-order valence-corrected chi connectivity index (χ3v) is 4.79. The molecule has 0 aromatic carbocycles. The molecule has 4 heteroatoms. The highest BCUT2D eigenvalue weighted by atomic mass is 16.6. The number of rotatable bonds is 3. The first-order chi connectivity index (χ1) is 9.29. The lowest BCUT2D eigenvalue weighted by Gasteiger charge is -2.20. The Morgan fingerprint density at radius 2 is 1.95 bits per heavy atom. The molecular weight excluding hydrogens is 244 g/mol. The zero-order valence-corrected chi connectivity index (χ0v) is 11.0. The van der Waals surface area contributed by atoms with Gasteiger partial charge in [0.25, 0.3) is 0 Å². The summed E-state index contributed by atoms with van der Waals surface area (Å²) in [7, 11) is 0. The second kappa shape index (κ2) is 4.60. The second-order valence-corrected chi connectivity index (χ2v) is 6.23. The van der Waals surface area contributed by atoms with Gasteiger partial charge in [-0.3, -0.25) is 4.79 Å². The maximum Gasteiger partial charge on any atom is 0.312 e. The van der Waals surface area contributed by atoms with Gasteiger partial charge in [0.05, 0.1) is 30.8 Å². The highest BCUT2D eigenvalue weighted by molar-refractivity contribution is 5.74. The SMILES string of the molecule is O=C(OCC1CCC2OC2C1)C1C=CC2OC2CC1. The molecule has 3 fully saturated rings. The third kappa shape index (κ3) is 2.56. The van der Waals surface area contributed by atoms with Gasteiger partial charge in [-0.1, -0.05) is 12.2 Å². The zero-order chi connectivity index (χ0) is 12.8. The average Bonchev–Trinajstić information content (AvgIpc) is 3.26. The number of hydrogen-bond donors (Lipinski definition) is 0. The highest BCUT2D eigenvalue weighted by Gasteiger charge is 2.44. The van der Waals surface area contributed by atoms with Crippen molar-refractivity contribution in [2.75, 3.05) is 6.61 Å². The summed E-state index contributed by atoms with van der Waals surface area (Å²) in [4.78, 5) is 12.1. The number of esters is 1. The maximum absolute atomic E-state index is 12.1. The van der Waals surface area contributed by atoms with E-state index in [4.69, 9.17) is 14.2 Å². The van der Waals surface area contributed by atoms with E-state index in [0.717, 1.165) is 32.1 Å². The van der Waals surface area contributed by atoms with E-state index >= 15 is 0 Å². The molecule has 0 spiro atoms. The van der Waals surface area contributed by atoms with Crippen molar-refractivity contribution < 1.29 is 19.0 Å². The van der Waals surface area contributed by atoms with Crippen molar-refractivity contribution >= 4 is 5.97 Å². The van der Waals surface area contributed by atoms with Crippen LogP contribution < -0.4 is 0 Å². The van der Waals surface area contributed by atoms with Crippen LogP contribution in [0.3, 0.4) is 0 Å². The number of hydrogen-bond acceptors (Lipinski definition) is 4. The van der Waals surface area contributed by atoms with Gasteiger partial charge in [0.1, 0.15) is 6.10 Å². The van der Waals surface area contributed by atoms with E-state index in [2.05, 4.69) is 0 Å². The lowest BCUT2D eigenvalue weighted by atomic mass is 9.90. The largest absolute Gasteiger partial charge is 0.465 e. The summed E-state index contributed by atoms with van der Waals surface area (Å²) in [6, 6.07) is 0. The summed E-state index contributed by atoms with van der Waals surface area (Å²) in [5.74, 6) is 0.375. The molecule has 4 aliphatic rings. The molecule has 4 nitrogen and oxygen atoms in total. The molecule has 2 aliphatic heterocycles. The minimum Gasteiger partial charge on any atom is -0.465 e. The molecule has 0 N–H and O–H groups in total. The van der Waals surface area contributed by atoms with E-state index in [-0.39, 0.29) is 18.0 Å². The summed E-state index contributed by atoms with van der Waals surface area (Å²) >= 11 is 0. The molecule has 0 aromatic heterocycles. The van der Waals surface area contributed by atoms with Gasteiger partial charge in [-0.2, -0.15) is 0 Å². The van der Waals surface area contributed by atoms with Crippen LogP contribution in [0.4, 0.5) is 0 Å². The second-order valence-electron chi connectivity index (χ2n) is 6.23. The fourth-order valence-electron chi connectivity index (χ4n) is 3.38. The fraction of sp³-hybridized carbons (Fsp3) is 0.800. The Balaban J connectivity index is 1.25. The third-order valence-electron chi connectivity index (χ3n) is 4.79. The van der Waals surface area contributed by atoms with Crippen molar-refractivity contribution in [2.45, 2.75) is 56.5 Å². The standard InChI is InChI=1S/C15H20O4/c16-15(10-2-5-11-12(18-11)6-3-10)17-8-9-1-4-13-14(7-9)19-13/h2,5,9-14H,1,3-4,6-8H2. The van der Waals surface area contributed by atoms with Crippen LogP contribution >= 0.6 is 0 Å². The topological polar surface area (TPSA) is 51.4 Å². The molecule has 6 atom stereocenters. The Morgan fingerprint density at radius 1 is 1.05 bits per heavy atom. The molecule has 104 valence electrons. The lowest BCUT2D eigenvalue weighted by Crippen LogP contribution is -2.23. The van der Waals surface area contributed by atoms with Gasteiger partial charge in [-0.25, -0.2) is 0 Å². The van der Waals surface area contributed by atoms with Crippen molar-refractivity contribution in [1.82, 2.24) is 0 Å². The van der Waals surface area contributed by atoms with Crippen molar-refractivity contribution in [3.63, 3.8) is 0 Å². The van der Waals surface area contributed by atoms with Crippen LogP contribution in [-0.2, 0) is 19.0 Å². The molecule has 19 heavy (non-hydrogen) atoms. The van der Waals surface area contributed by atoms with Crippen LogP contribution in [0.2, 0.25) is 0 Å². The Morgan fingerprint density at radius 3 is 2.84 bits per heavy atom. The summed E-state index contributed by atoms with van der Waals surface area (Å²) in [6.45, 7) is 0.569. The Bertz CT molecular complexity index is 405. The molecule has 2 saturated heterocycles. The maximum atomic E-state index is 12.1. The lowest BCUT2D eigenvalue weighted by molar-refractivity contribution is -0.148. The minimum absolute atomic E-state index is 0.0589. The van der Waals surface area contributed by atoms with E-state index in [0.29, 0.717) is 30.8 Å². The summed E-state index contributed by atoms with van der Waals surface area (Å²) in [5, 5.41) is 0. The van der Waals surface area contributed by atoms with Crippen molar-refractivity contribution in [3.8, 4) is 0 Å². The Labute approximate surface area is 113 Å². The molecule has 6 unspecified atom stereocenters. The van der Waals surface area contributed by atoms with Crippen LogP contribution in [0.15, 0.2) is 12.2 Å². The number of ether oxygens (including phenoxy) is 3. The van der Waals surface area contributed by atoms with Gasteiger partial charge in [0.2, 0.25) is 0 Å². The molecule has 0 amide bonds. The molecule has 0 bridgehead atoms. The van der Waals surface area contributed by atoms with Gasteiger partial charge in [-0.05, 0) is 38.0 Å². The molecule has 2 aliphatic carbocycles. The Kier molecular flexibility index (Phi) is 2.88. The molecule has 2 heterocycles. The summed E-state index contributed by atoms with van der Waals surface area (Å²) < 4.78 is 16.4. The van der Waals surface area contributed by atoms with Crippen LogP contribution in [0.5, 0.6) is 0 Å². The van der Waals surface area contributed by atoms with E-state index < -0.39 is 0 Å². The van der Waals surface area contributed by atoms with Crippen molar-refractivity contribution in [3.05, 3.63) is 12.2 Å². The van der Waals surface area contributed by atoms with Crippen LogP contribution in [-0.4, -0.2) is 37.0 Å². The molecule has 0 aromatic rings. The summed E-state index contributed by atoms with van der Waals surface area (Å²) in [6.07, 6.45) is 10.8. The predicted octanol–water partition coefficient (Wildman–Crippen LogP) is 1.83. The summed E-state index contributed by atoms with van der Waals surface area (Å²) in [5.41, 5.74) is 0. The van der Waals surface area contributed by atoms with Crippen LogP contribution in [0.1, 0.15) is 32.1 Å². The molecular formula is C15H20O4. The van der Waals surface area contributed by atoms with Gasteiger partial charge in [-0.15, -0.1) is 0 Å². The normalized spacial score (nSPS) is 46.7. The van der Waals surface area contributed by atoms with E-state index in [1.54, 1.807) is 0 Å². The van der Waals surface area contributed by atoms with E-state index in [9.17, 15) is 4.79 Å². The number of carbonyl (C=O) groups is 1. The minimum atomic E-state index is -0.0649. The monoisotopic (exact) mass is 264 g/mol. The Hall–Kier alpha value is -0.870. The molecule has 1 saturated carbocycles.